The third-order valence-electron chi connectivity index (χ3n) is 3.95. The molecule has 17 heavy (non-hydrogen) atoms. The van der Waals surface area contributed by atoms with Gasteiger partial charge in [-0.1, -0.05) is 6.07 Å². The minimum Gasteiger partial charge on any atom is -0.399 e. The predicted octanol–water partition coefficient (Wildman–Crippen LogP) is 1.68. The maximum Gasteiger partial charge on any atom is 0.0317 e. The molecule has 0 amide bonds. The van der Waals surface area contributed by atoms with Crippen molar-refractivity contribution in [3.05, 3.63) is 29.3 Å². The molecule has 92 valence electrons. The Morgan fingerprint density at radius 3 is 2.47 bits per heavy atom. The third kappa shape index (κ3) is 2.45. The van der Waals surface area contributed by atoms with Gasteiger partial charge in [-0.05, 0) is 49.2 Å². The van der Waals surface area contributed by atoms with Crippen LogP contribution in [0.25, 0.3) is 0 Å². The van der Waals surface area contributed by atoms with E-state index in [-0.39, 0.29) is 0 Å². The first-order valence-electron chi connectivity index (χ1n) is 6.63. The molecule has 1 aromatic carbocycles. The summed E-state index contributed by atoms with van der Waals surface area (Å²) in [5, 5.41) is 0. The van der Waals surface area contributed by atoms with Crippen molar-refractivity contribution in [2.45, 2.75) is 25.9 Å². The van der Waals surface area contributed by atoms with Crippen molar-refractivity contribution < 1.29 is 0 Å². The Hall–Kier alpha value is -1.06. The molecule has 2 heterocycles. The SMILES string of the molecule is Nc1ccc2c(c1)CN(CCN1CCCC1)C2. The molecule has 1 aromatic rings. The van der Waals surface area contributed by atoms with Gasteiger partial charge in [0.1, 0.15) is 0 Å². The molecule has 0 unspecified atom stereocenters. The second-order valence-electron chi connectivity index (χ2n) is 5.29. The molecule has 0 aromatic heterocycles. The van der Waals surface area contributed by atoms with Gasteiger partial charge in [0.15, 0.2) is 0 Å². The molecule has 1 fully saturated rings. The van der Waals surface area contributed by atoms with Gasteiger partial charge >= 0.3 is 0 Å². The monoisotopic (exact) mass is 231 g/mol. The second-order valence-corrected chi connectivity index (χ2v) is 5.29. The highest BCUT2D eigenvalue weighted by Gasteiger charge is 2.20. The molecule has 0 bridgehead atoms. The van der Waals surface area contributed by atoms with Gasteiger partial charge in [0.25, 0.3) is 0 Å². The lowest BCUT2D eigenvalue weighted by Gasteiger charge is -2.20. The summed E-state index contributed by atoms with van der Waals surface area (Å²) in [6.45, 7) is 7.19. The van der Waals surface area contributed by atoms with E-state index in [4.69, 9.17) is 5.73 Å². The Bertz CT molecular complexity index is 396. The number of likely N-dealkylation sites (tertiary alicyclic amines) is 1. The summed E-state index contributed by atoms with van der Waals surface area (Å²) in [5.74, 6) is 0. The van der Waals surface area contributed by atoms with E-state index in [0.717, 1.165) is 18.8 Å². The minimum atomic E-state index is 0.894. The average Bonchev–Trinajstić information content (AvgIpc) is 2.94. The van der Waals surface area contributed by atoms with Crippen LogP contribution in [0.2, 0.25) is 0 Å². The molecule has 0 atom stereocenters. The van der Waals surface area contributed by atoms with Crippen molar-refractivity contribution >= 4 is 5.69 Å². The second kappa shape index (κ2) is 4.67. The van der Waals surface area contributed by atoms with Crippen LogP contribution in [0.5, 0.6) is 0 Å². The van der Waals surface area contributed by atoms with Gasteiger partial charge in [-0.2, -0.15) is 0 Å². The Balaban J connectivity index is 1.55. The van der Waals surface area contributed by atoms with Crippen LogP contribution in [0.4, 0.5) is 5.69 Å². The molecule has 0 radical (unpaired) electrons. The zero-order valence-electron chi connectivity index (χ0n) is 10.4. The Kier molecular flexibility index (Phi) is 3.04. The zero-order valence-corrected chi connectivity index (χ0v) is 10.4. The van der Waals surface area contributed by atoms with Gasteiger partial charge in [-0.15, -0.1) is 0 Å². The van der Waals surface area contributed by atoms with Crippen LogP contribution in [0, 0.1) is 0 Å². The van der Waals surface area contributed by atoms with E-state index >= 15 is 0 Å². The summed E-state index contributed by atoms with van der Waals surface area (Å²) in [7, 11) is 0. The summed E-state index contributed by atoms with van der Waals surface area (Å²) in [4.78, 5) is 5.11. The number of nitrogen functional groups attached to an aromatic ring is 1. The minimum absolute atomic E-state index is 0.894. The molecule has 2 N–H and O–H groups in total. The number of nitrogens with zero attached hydrogens (tertiary/aromatic N) is 2. The fourth-order valence-electron chi connectivity index (χ4n) is 2.93. The molecule has 3 nitrogen and oxygen atoms in total. The number of benzene rings is 1. The maximum atomic E-state index is 5.82. The van der Waals surface area contributed by atoms with Gasteiger partial charge < -0.3 is 10.6 Å². The third-order valence-corrected chi connectivity index (χ3v) is 3.95. The van der Waals surface area contributed by atoms with E-state index in [2.05, 4.69) is 21.9 Å². The lowest BCUT2D eigenvalue weighted by molar-refractivity contribution is 0.228. The standard InChI is InChI=1S/C14H21N3/c15-14-4-3-12-10-17(11-13(12)9-14)8-7-16-5-1-2-6-16/h3-4,9H,1-2,5-8,10-11,15H2. The first kappa shape index (κ1) is 11.1. The molecule has 2 aliphatic rings. The molecular formula is C14H21N3. The Morgan fingerprint density at radius 2 is 1.65 bits per heavy atom. The first-order chi connectivity index (χ1) is 8.31. The molecule has 0 spiro atoms. The molecule has 2 aliphatic heterocycles. The van der Waals surface area contributed by atoms with E-state index < -0.39 is 0 Å². The summed E-state index contributed by atoms with van der Waals surface area (Å²) in [6, 6.07) is 6.33. The van der Waals surface area contributed by atoms with Crippen LogP contribution in [0.1, 0.15) is 24.0 Å². The molecule has 3 heteroatoms. The van der Waals surface area contributed by atoms with Crippen molar-refractivity contribution in [3.63, 3.8) is 0 Å². The summed E-state index contributed by atoms with van der Waals surface area (Å²) < 4.78 is 0. The molecular weight excluding hydrogens is 210 g/mol. The van der Waals surface area contributed by atoms with Crippen LogP contribution >= 0.6 is 0 Å². The van der Waals surface area contributed by atoms with E-state index in [0.29, 0.717) is 0 Å². The largest absolute Gasteiger partial charge is 0.399 e. The first-order valence-corrected chi connectivity index (χ1v) is 6.63. The number of nitrogens with two attached hydrogens (primary N) is 1. The van der Waals surface area contributed by atoms with Gasteiger partial charge in [0.05, 0.1) is 0 Å². The summed E-state index contributed by atoms with van der Waals surface area (Å²) in [6.07, 6.45) is 2.77. The van der Waals surface area contributed by atoms with Crippen molar-refractivity contribution in [2.75, 3.05) is 31.9 Å². The average molecular weight is 231 g/mol. The number of anilines is 1. The Labute approximate surface area is 103 Å². The number of rotatable bonds is 3. The maximum absolute atomic E-state index is 5.82. The fourth-order valence-corrected chi connectivity index (χ4v) is 2.93. The highest BCUT2D eigenvalue weighted by atomic mass is 15.2. The van der Waals surface area contributed by atoms with Crippen LogP contribution in [-0.4, -0.2) is 36.0 Å². The van der Waals surface area contributed by atoms with Crippen LogP contribution < -0.4 is 5.73 Å². The number of hydrogen-bond acceptors (Lipinski definition) is 3. The van der Waals surface area contributed by atoms with Crippen LogP contribution in [0.3, 0.4) is 0 Å². The smallest absolute Gasteiger partial charge is 0.0317 e. The molecule has 3 rings (SSSR count). The number of fused-ring (bicyclic) bond motifs is 1. The highest BCUT2D eigenvalue weighted by molar-refractivity contribution is 5.46. The van der Waals surface area contributed by atoms with Crippen molar-refractivity contribution in [1.82, 2.24) is 9.80 Å². The fraction of sp³-hybridized carbons (Fsp3) is 0.571. The van der Waals surface area contributed by atoms with Crippen molar-refractivity contribution in [1.29, 1.82) is 0 Å². The lowest BCUT2D eigenvalue weighted by atomic mass is 10.1. The van der Waals surface area contributed by atoms with Crippen LogP contribution in [0.15, 0.2) is 18.2 Å². The van der Waals surface area contributed by atoms with Crippen molar-refractivity contribution in [2.24, 2.45) is 0 Å². The topological polar surface area (TPSA) is 32.5 Å². The van der Waals surface area contributed by atoms with Gasteiger partial charge in [0, 0.05) is 31.9 Å². The van der Waals surface area contributed by atoms with E-state index in [1.807, 2.05) is 6.07 Å². The predicted molar refractivity (Wildman–Crippen MR) is 70.6 cm³/mol. The quantitative estimate of drug-likeness (QED) is 0.803. The molecule has 0 aliphatic carbocycles. The van der Waals surface area contributed by atoms with E-state index in [1.165, 1.54) is 50.1 Å². The summed E-state index contributed by atoms with van der Waals surface area (Å²) in [5.41, 5.74) is 9.60. The van der Waals surface area contributed by atoms with E-state index in [9.17, 15) is 0 Å². The van der Waals surface area contributed by atoms with Gasteiger partial charge in [-0.25, -0.2) is 0 Å². The van der Waals surface area contributed by atoms with Crippen LogP contribution in [-0.2, 0) is 13.1 Å². The number of hydrogen-bond donors (Lipinski definition) is 1. The molecule has 1 saturated heterocycles. The Morgan fingerprint density at radius 1 is 0.941 bits per heavy atom. The van der Waals surface area contributed by atoms with E-state index in [1.54, 1.807) is 0 Å². The zero-order chi connectivity index (χ0) is 11.7. The van der Waals surface area contributed by atoms with Gasteiger partial charge in [-0.3, -0.25) is 4.90 Å². The normalized spacial score (nSPS) is 20.9. The summed E-state index contributed by atoms with van der Waals surface area (Å²) >= 11 is 0. The molecule has 0 saturated carbocycles. The lowest BCUT2D eigenvalue weighted by Crippen LogP contribution is -2.30. The van der Waals surface area contributed by atoms with Crippen molar-refractivity contribution in [3.8, 4) is 0 Å². The van der Waals surface area contributed by atoms with Gasteiger partial charge in [0.2, 0.25) is 0 Å². The highest BCUT2D eigenvalue weighted by Crippen LogP contribution is 2.24.